The van der Waals surface area contributed by atoms with Crippen molar-refractivity contribution >= 4 is 23.4 Å². The smallest absolute Gasteiger partial charge is 0.253 e. The van der Waals surface area contributed by atoms with Crippen LogP contribution in [0.5, 0.6) is 0 Å². The quantitative estimate of drug-likeness (QED) is 0.768. The van der Waals surface area contributed by atoms with Crippen molar-refractivity contribution in [2.24, 2.45) is 0 Å². The zero-order valence-corrected chi connectivity index (χ0v) is 10.9. The number of hydrogen-bond acceptors (Lipinski definition) is 3. The molecule has 0 heterocycles. The third kappa shape index (κ3) is 3.93. The third-order valence-corrected chi connectivity index (χ3v) is 3.02. The normalized spacial score (nSPS) is 10.1. The Labute approximate surface area is 105 Å². The minimum atomic E-state index is -0.413. The van der Waals surface area contributed by atoms with Gasteiger partial charge in [-0.3, -0.25) is 4.79 Å². The number of hydrogen-bond donors (Lipinski definition) is 2. The zero-order valence-electron chi connectivity index (χ0n) is 10.0. The Balaban J connectivity index is 2.65. The highest BCUT2D eigenvalue weighted by atomic mass is 32.2. The van der Waals surface area contributed by atoms with E-state index in [1.165, 1.54) is 12.1 Å². The molecule has 17 heavy (non-hydrogen) atoms. The molecule has 0 spiro atoms. The van der Waals surface area contributed by atoms with Gasteiger partial charge in [0.2, 0.25) is 0 Å². The van der Waals surface area contributed by atoms with Crippen molar-refractivity contribution in [3.8, 4) is 0 Å². The summed E-state index contributed by atoms with van der Waals surface area (Å²) in [6, 6.07) is 4.47. The van der Waals surface area contributed by atoms with Crippen molar-refractivity contribution in [1.29, 1.82) is 0 Å². The van der Waals surface area contributed by atoms with Crippen molar-refractivity contribution < 1.29 is 9.18 Å². The maximum Gasteiger partial charge on any atom is 0.253 e. The SMILES string of the molecule is CNc1c(F)cccc1C(=O)NCCCSC. The molecule has 0 bridgehead atoms. The molecule has 3 nitrogen and oxygen atoms in total. The summed E-state index contributed by atoms with van der Waals surface area (Å²) in [7, 11) is 1.60. The van der Waals surface area contributed by atoms with E-state index in [0.29, 0.717) is 12.1 Å². The largest absolute Gasteiger partial charge is 0.385 e. The van der Waals surface area contributed by atoms with Crippen LogP contribution in [-0.2, 0) is 0 Å². The van der Waals surface area contributed by atoms with Crippen molar-refractivity contribution in [2.45, 2.75) is 6.42 Å². The van der Waals surface area contributed by atoms with Gasteiger partial charge in [-0.25, -0.2) is 4.39 Å². The fourth-order valence-corrected chi connectivity index (χ4v) is 1.91. The maximum atomic E-state index is 13.4. The van der Waals surface area contributed by atoms with Crippen LogP contribution >= 0.6 is 11.8 Å². The van der Waals surface area contributed by atoms with Crippen LogP contribution in [0.1, 0.15) is 16.8 Å². The number of anilines is 1. The molecule has 1 aromatic carbocycles. The first-order valence-electron chi connectivity index (χ1n) is 5.44. The summed E-state index contributed by atoms with van der Waals surface area (Å²) >= 11 is 1.74. The number of amides is 1. The first-order chi connectivity index (χ1) is 8.20. The molecule has 0 saturated carbocycles. The topological polar surface area (TPSA) is 41.1 Å². The Morgan fingerprint density at radius 3 is 2.88 bits per heavy atom. The number of nitrogens with one attached hydrogen (secondary N) is 2. The fourth-order valence-electron chi connectivity index (χ4n) is 1.48. The number of carbonyl (C=O) groups is 1. The summed E-state index contributed by atoms with van der Waals surface area (Å²) in [5.74, 6) is 0.349. The number of benzene rings is 1. The molecular formula is C12H17FN2OS. The highest BCUT2D eigenvalue weighted by Gasteiger charge is 2.13. The van der Waals surface area contributed by atoms with Crippen LogP contribution in [0.3, 0.4) is 0 Å². The lowest BCUT2D eigenvalue weighted by molar-refractivity contribution is 0.0954. The minimum absolute atomic E-state index is 0.241. The monoisotopic (exact) mass is 256 g/mol. The second kappa shape index (κ2) is 7.17. The zero-order chi connectivity index (χ0) is 12.7. The van der Waals surface area contributed by atoms with E-state index in [9.17, 15) is 9.18 Å². The Morgan fingerprint density at radius 1 is 1.47 bits per heavy atom. The summed E-state index contributed by atoms with van der Waals surface area (Å²) in [6.07, 6.45) is 2.94. The number of thioether (sulfide) groups is 1. The molecule has 0 radical (unpaired) electrons. The van der Waals surface area contributed by atoms with E-state index >= 15 is 0 Å². The van der Waals surface area contributed by atoms with Gasteiger partial charge in [-0.05, 0) is 30.6 Å². The molecule has 0 unspecified atom stereocenters. The Kier molecular flexibility index (Phi) is 5.83. The summed E-state index contributed by atoms with van der Waals surface area (Å²) in [5.41, 5.74) is 0.589. The number of halogens is 1. The van der Waals surface area contributed by atoms with E-state index in [4.69, 9.17) is 0 Å². The van der Waals surface area contributed by atoms with Gasteiger partial charge in [0.1, 0.15) is 5.82 Å². The molecule has 5 heteroatoms. The second-order valence-corrected chi connectivity index (χ2v) is 4.50. The molecule has 0 aliphatic heterocycles. The van der Waals surface area contributed by atoms with Crippen molar-refractivity contribution in [3.63, 3.8) is 0 Å². The van der Waals surface area contributed by atoms with E-state index in [1.54, 1.807) is 24.9 Å². The Bertz CT molecular complexity index is 385. The summed E-state index contributed by atoms with van der Waals surface area (Å²) < 4.78 is 13.4. The maximum absolute atomic E-state index is 13.4. The predicted octanol–water partition coefficient (Wildman–Crippen LogP) is 2.35. The first kappa shape index (κ1) is 13.8. The van der Waals surface area contributed by atoms with Crippen LogP contribution < -0.4 is 10.6 Å². The minimum Gasteiger partial charge on any atom is -0.385 e. The van der Waals surface area contributed by atoms with Crippen LogP contribution in [0.25, 0.3) is 0 Å². The molecule has 1 aromatic rings. The number of carbonyl (C=O) groups excluding carboxylic acids is 1. The van der Waals surface area contributed by atoms with Crippen LogP contribution in [-0.4, -0.2) is 31.5 Å². The van der Waals surface area contributed by atoms with Crippen molar-refractivity contribution in [3.05, 3.63) is 29.6 Å². The van der Waals surface area contributed by atoms with Crippen molar-refractivity contribution in [1.82, 2.24) is 5.32 Å². The van der Waals surface area contributed by atoms with Crippen LogP contribution in [0.4, 0.5) is 10.1 Å². The third-order valence-electron chi connectivity index (χ3n) is 2.32. The molecule has 2 N–H and O–H groups in total. The molecule has 1 amide bonds. The average Bonchev–Trinajstić information content (AvgIpc) is 2.34. The van der Waals surface area contributed by atoms with Gasteiger partial charge < -0.3 is 10.6 Å². The van der Waals surface area contributed by atoms with Crippen LogP contribution in [0.2, 0.25) is 0 Å². The lowest BCUT2D eigenvalue weighted by atomic mass is 10.1. The fraction of sp³-hybridized carbons (Fsp3) is 0.417. The predicted molar refractivity (Wildman–Crippen MR) is 71.3 cm³/mol. The van der Waals surface area contributed by atoms with Gasteiger partial charge in [-0.15, -0.1) is 0 Å². The highest BCUT2D eigenvalue weighted by Crippen LogP contribution is 2.18. The molecule has 0 atom stereocenters. The summed E-state index contributed by atoms with van der Waals surface area (Å²) in [5, 5.41) is 5.48. The van der Waals surface area contributed by atoms with Gasteiger partial charge in [0.25, 0.3) is 5.91 Å². The van der Waals surface area contributed by atoms with E-state index in [2.05, 4.69) is 10.6 Å². The molecule has 94 valence electrons. The van der Waals surface area contributed by atoms with Crippen LogP contribution in [0.15, 0.2) is 18.2 Å². The van der Waals surface area contributed by atoms with Gasteiger partial charge >= 0.3 is 0 Å². The van der Waals surface area contributed by atoms with Crippen LogP contribution in [0, 0.1) is 5.82 Å². The Hall–Kier alpha value is -1.23. The molecule has 0 saturated heterocycles. The van der Waals surface area contributed by atoms with Gasteiger partial charge in [0.05, 0.1) is 11.3 Å². The van der Waals surface area contributed by atoms with E-state index < -0.39 is 5.82 Å². The summed E-state index contributed by atoms with van der Waals surface area (Å²) in [6.45, 7) is 0.610. The lowest BCUT2D eigenvalue weighted by Gasteiger charge is -2.10. The molecule has 0 aliphatic carbocycles. The molecule has 1 rings (SSSR count). The number of rotatable bonds is 6. The van der Waals surface area contributed by atoms with E-state index in [0.717, 1.165) is 12.2 Å². The van der Waals surface area contributed by atoms with Crippen molar-refractivity contribution in [2.75, 3.05) is 30.9 Å². The van der Waals surface area contributed by atoms with Gasteiger partial charge in [-0.2, -0.15) is 11.8 Å². The molecular weight excluding hydrogens is 239 g/mol. The van der Waals surface area contributed by atoms with Gasteiger partial charge in [-0.1, -0.05) is 6.07 Å². The highest BCUT2D eigenvalue weighted by molar-refractivity contribution is 7.98. The lowest BCUT2D eigenvalue weighted by Crippen LogP contribution is -2.25. The summed E-state index contributed by atoms with van der Waals surface area (Å²) in [4.78, 5) is 11.8. The molecule has 0 aliphatic rings. The standard InChI is InChI=1S/C12H17FN2OS/c1-14-11-9(5-3-6-10(11)13)12(16)15-7-4-8-17-2/h3,5-6,14H,4,7-8H2,1-2H3,(H,15,16). The van der Waals surface area contributed by atoms with Gasteiger partial charge in [0, 0.05) is 13.6 Å². The van der Waals surface area contributed by atoms with Gasteiger partial charge in [0.15, 0.2) is 0 Å². The van der Waals surface area contributed by atoms with E-state index in [1.807, 2.05) is 6.26 Å². The van der Waals surface area contributed by atoms with E-state index in [-0.39, 0.29) is 11.6 Å². The average molecular weight is 256 g/mol. The second-order valence-electron chi connectivity index (χ2n) is 3.51. The molecule has 0 fully saturated rings. The first-order valence-corrected chi connectivity index (χ1v) is 6.83. The molecule has 0 aromatic heterocycles. The Morgan fingerprint density at radius 2 is 2.24 bits per heavy atom. The number of para-hydroxylation sites is 1.